The van der Waals surface area contributed by atoms with Crippen LogP contribution in [-0.2, 0) is 19.4 Å². The summed E-state index contributed by atoms with van der Waals surface area (Å²) in [6.07, 6.45) is 8.96. The van der Waals surface area contributed by atoms with E-state index in [2.05, 4.69) is 88.9 Å². The summed E-state index contributed by atoms with van der Waals surface area (Å²) >= 11 is 0. The van der Waals surface area contributed by atoms with E-state index in [0.29, 0.717) is 0 Å². The van der Waals surface area contributed by atoms with Gasteiger partial charge in [-0.2, -0.15) is 0 Å². The molecule has 2 aromatic carbocycles. The largest absolute Gasteiger partial charge is 0.497 e. The molecule has 0 spiro atoms. The zero-order valence-electron chi connectivity index (χ0n) is 24.1. The van der Waals surface area contributed by atoms with E-state index in [9.17, 15) is 0 Å². The molecule has 2 aromatic heterocycles. The molecule has 6 nitrogen and oxygen atoms in total. The second-order valence-corrected chi connectivity index (χ2v) is 10.2. The number of ether oxygens (including phenoxy) is 2. The van der Waals surface area contributed by atoms with Crippen LogP contribution in [0, 0.1) is 0 Å². The summed E-state index contributed by atoms with van der Waals surface area (Å²) in [5.74, 6) is 1.87. The van der Waals surface area contributed by atoms with Crippen molar-refractivity contribution in [2.45, 2.75) is 53.0 Å². The number of rotatable bonds is 16. The standard InChI is InChI=1S/C32H46N4O2/c1-6-16-34(8-3)18-15-26-24-36(30-10-9-11-31(38-5)32(26)30)21-20-35(17-7-2)19-14-25-23-33-29-22-27(37-4)12-13-28(25)29/h9-13,22-24,33H,6-8,14-21H2,1-5H3. The summed E-state index contributed by atoms with van der Waals surface area (Å²) in [6, 6.07) is 12.8. The number of likely N-dealkylation sites (N-methyl/N-ethyl adjacent to an activating group) is 1. The lowest BCUT2D eigenvalue weighted by atomic mass is 10.1. The molecule has 0 amide bonds. The lowest BCUT2D eigenvalue weighted by molar-refractivity contribution is 0.267. The number of hydrogen-bond acceptors (Lipinski definition) is 4. The first kappa shape index (κ1) is 28.1. The molecule has 0 saturated heterocycles. The Morgan fingerprint density at radius 1 is 0.816 bits per heavy atom. The zero-order chi connectivity index (χ0) is 26.9. The van der Waals surface area contributed by atoms with Crippen LogP contribution in [0.5, 0.6) is 11.5 Å². The predicted molar refractivity (Wildman–Crippen MR) is 160 cm³/mol. The van der Waals surface area contributed by atoms with Gasteiger partial charge in [-0.3, -0.25) is 0 Å². The van der Waals surface area contributed by atoms with Gasteiger partial charge in [0.25, 0.3) is 0 Å². The molecule has 6 heteroatoms. The first-order chi connectivity index (χ1) is 18.6. The lowest BCUT2D eigenvalue weighted by Gasteiger charge is -2.22. The Hall–Kier alpha value is -2.96. The summed E-state index contributed by atoms with van der Waals surface area (Å²) in [6.45, 7) is 14.3. The smallest absolute Gasteiger partial charge is 0.128 e. The SMILES string of the molecule is CCCN(CC)CCc1cn(CCN(CCC)CCc2c[nH]c3cc(OC)ccc23)c2cccc(OC)c12. The number of aromatic amines is 1. The average molecular weight is 519 g/mol. The number of benzene rings is 2. The normalized spacial score (nSPS) is 11.9. The molecule has 0 atom stereocenters. The highest BCUT2D eigenvalue weighted by atomic mass is 16.5. The molecular formula is C32H46N4O2. The Morgan fingerprint density at radius 2 is 1.58 bits per heavy atom. The fourth-order valence-corrected chi connectivity index (χ4v) is 5.65. The van der Waals surface area contributed by atoms with Crippen molar-refractivity contribution in [2.75, 3.05) is 53.5 Å². The summed E-state index contributed by atoms with van der Waals surface area (Å²) in [5.41, 5.74) is 5.18. The van der Waals surface area contributed by atoms with Gasteiger partial charge in [0.2, 0.25) is 0 Å². The Morgan fingerprint density at radius 3 is 2.32 bits per heavy atom. The second-order valence-electron chi connectivity index (χ2n) is 10.2. The molecule has 0 fully saturated rings. The van der Waals surface area contributed by atoms with Crippen molar-refractivity contribution in [3.05, 3.63) is 59.9 Å². The monoisotopic (exact) mass is 518 g/mol. The summed E-state index contributed by atoms with van der Waals surface area (Å²) in [7, 11) is 3.50. The third kappa shape index (κ3) is 6.54. The minimum absolute atomic E-state index is 0.890. The van der Waals surface area contributed by atoms with Gasteiger partial charge in [0, 0.05) is 60.9 Å². The molecule has 0 aliphatic carbocycles. The Bertz CT molecular complexity index is 1290. The first-order valence-electron chi connectivity index (χ1n) is 14.3. The van der Waals surface area contributed by atoms with E-state index < -0.39 is 0 Å². The molecule has 4 aromatic rings. The van der Waals surface area contributed by atoms with Crippen LogP contribution in [0.15, 0.2) is 48.8 Å². The maximum absolute atomic E-state index is 5.81. The maximum Gasteiger partial charge on any atom is 0.128 e. The molecule has 206 valence electrons. The van der Waals surface area contributed by atoms with E-state index in [1.807, 2.05) is 0 Å². The molecule has 1 N–H and O–H groups in total. The molecule has 0 radical (unpaired) electrons. The van der Waals surface area contributed by atoms with Crippen LogP contribution in [0.2, 0.25) is 0 Å². The van der Waals surface area contributed by atoms with Crippen molar-refractivity contribution in [3.8, 4) is 11.5 Å². The Balaban J connectivity index is 1.47. The van der Waals surface area contributed by atoms with Gasteiger partial charge in [-0.1, -0.05) is 26.8 Å². The van der Waals surface area contributed by atoms with E-state index >= 15 is 0 Å². The third-order valence-electron chi connectivity index (χ3n) is 7.72. The number of nitrogens with zero attached hydrogens (tertiary/aromatic N) is 3. The molecule has 0 unspecified atom stereocenters. The molecule has 0 aliphatic heterocycles. The topological polar surface area (TPSA) is 45.7 Å². The van der Waals surface area contributed by atoms with Gasteiger partial charge in [-0.05, 0) is 80.7 Å². The van der Waals surface area contributed by atoms with Gasteiger partial charge in [0.15, 0.2) is 0 Å². The van der Waals surface area contributed by atoms with Gasteiger partial charge >= 0.3 is 0 Å². The molecule has 0 aliphatic rings. The van der Waals surface area contributed by atoms with Crippen molar-refractivity contribution in [2.24, 2.45) is 0 Å². The van der Waals surface area contributed by atoms with E-state index in [1.165, 1.54) is 33.8 Å². The van der Waals surface area contributed by atoms with Crippen LogP contribution in [0.3, 0.4) is 0 Å². The van der Waals surface area contributed by atoms with E-state index in [1.54, 1.807) is 14.2 Å². The Kier molecular flexibility index (Phi) is 10.1. The maximum atomic E-state index is 5.81. The molecule has 0 saturated carbocycles. The van der Waals surface area contributed by atoms with Crippen LogP contribution in [-0.4, -0.2) is 72.8 Å². The van der Waals surface area contributed by atoms with Crippen LogP contribution in [0.1, 0.15) is 44.7 Å². The second kappa shape index (κ2) is 13.7. The third-order valence-corrected chi connectivity index (χ3v) is 7.72. The molecule has 0 bridgehead atoms. The van der Waals surface area contributed by atoms with E-state index in [-0.39, 0.29) is 0 Å². The van der Waals surface area contributed by atoms with E-state index in [4.69, 9.17) is 9.47 Å². The summed E-state index contributed by atoms with van der Waals surface area (Å²) in [5, 5.41) is 2.57. The van der Waals surface area contributed by atoms with Crippen LogP contribution >= 0.6 is 0 Å². The van der Waals surface area contributed by atoms with Crippen molar-refractivity contribution in [1.82, 2.24) is 19.4 Å². The molecule has 4 rings (SSSR count). The lowest BCUT2D eigenvalue weighted by Crippen LogP contribution is -2.30. The van der Waals surface area contributed by atoms with Gasteiger partial charge in [-0.15, -0.1) is 0 Å². The van der Waals surface area contributed by atoms with Crippen molar-refractivity contribution in [1.29, 1.82) is 0 Å². The summed E-state index contributed by atoms with van der Waals surface area (Å²) in [4.78, 5) is 8.57. The number of methoxy groups -OCH3 is 2. The van der Waals surface area contributed by atoms with Crippen LogP contribution < -0.4 is 9.47 Å². The number of nitrogens with one attached hydrogen (secondary N) is 1. The van der Waals surface area contributed by atoms with Crippen LogP contribution in [0.25, 0.3) is 21.8 Å². The minimum atomic E-state index is 0.890. The Labute approximate surface area is 228 Å². The number of aromatic nitrogens is 2. The number of fused-ring (bicyclic) bond motifs is 2. The first-order valence-corrected chi connectivity index (χ1v) is 14.3. The predicted octanol–water partition coefficient (Wildman–Crippen LogP) is 6.37. The summed E-state index contributed by atoms with van der Waals surface area (Å²) < 4.78 is 13.6. The highest BCUT2D eigenvalue weighted by molar-refractivity contribution is 5.90. The molecule has 2 heterocycles. The van der Waals surface area contributed by atoms with Crippen molar-refractivity contribution < 1.29 is 9.47 Å². The highest BCUT2D eigenvalue weighted by Gasteiger charge is 2.15. The number of H-pyrrole nitrogens is 1. The minimum Gasteiger partial charge on any atom is -0.497 e. The van der Waals surface area contributed by atoms with Gasteiger partial charge in [0.1, 0.15) is 11.5 Å². The van der Waals surface area contributed by atoms with Gasteiger partial charge in [-0.25, -0.2) is 0 Å². The fraction of sp³-hybridized carbons (Fsp3) is 0.500. The van der Waals surface area contributed by atoms with E-state index in [0.717, 1.165) is 82.1 Å². The van der Waals surface area contributed by atoms with Crippen LogP contribution in [0.4, 0.5) is 0 Å². The number of hydrogen-bond donors (Lipinski definition) is 1. The average Bonchev–Trinajstić information content (AvgIpc) is 3.53. The van der Waals surface area contributed by atoms with Gasteiger partial charge < -0.3 is 28.8 Å². The molecule has 38 heavy (non-hydrogen) atoms. The van der Waals surface area contributed by atoms with Crippen molar-refractivity contribution >= 4 is 21.8 Å². The van der Waals surface area contributed by atoms with Crippen molar-refractivity contribution in [3.63, 3.8) is 0 Å². The highest BCUT2D eigenvalue weighted by Crippen LogP contribution is 2.31. The molecular weight excluding hydrogens is 472 g/mol. The fourth-order valence-electron chi connectivity index (χ4n) is 5.65. The van der Waals surface area contributed by atoms with Gasteiger partial charge in [0.05, 0.1) is 19.7 Å². The quantitative estimate of drug-likeness (QED) is 0.187. The zero-order valence-corrected chi connectivity index (χ0v) is 24.1.